The van der Waals surface area contributed by atoms with E-state index in [0.29, 0.717) is 5.69 Å². The molecule has 0 fully saturated rings. The molecule has 6 heteroatoms. The van der Waals surface area contributed by atoms with E-state index in [-0.39, 0.29) is 11.5 Å². The predicted octanol–water partition coefficient (Wildman–Crippen LogP) is 0.579. The Labute approximate surface area is 102 Å². The van der Waals surface area contributed by atoms with Crippen LogP contribution in [0.15, 0.2) is 23.1 Å². The third-order valence-electron chi connectivity index (χ3n) is 2.64. The molecule has 0 saturated carbocycles. The largest absolute Gasteiger partial charge is 0.399 e. The number of anilines is 1. The summed E-state index contributed by atoms with van der Waals surface area (Å²) in [5, 5.41) is 8.99. The van der Waals surface area contributed by atoms with Gasteiger partial charge in [0.05, 0.1) is 11.5 Å². The molecule has 0 aliphatic heterocycles. The van der Waals surface area contributed by atoms with Crippen LogP contribution in [0.25, 0.3) is 0 Å². The van der Waals surface area contributed by atoms with Gasteiger partial charge in [-0.15, -0.1) is 0 Å². The molecule has 0 heterocycles. The fraction of sp³-hybridized carbons (Fsp3) is 0.455. The van der Waals surface area contributed by atoms with E-state index in [4.69, 9.17) is 10.8 Å². The van der Waals surface area contributed by atoms with Crippen LogP contribution in [0.5, 0.6) is 0 Å². The van der Waals surface area contributed by atoms with Crippen molar-refractivity contribution in [2.24, 2.45) is 0 Å². The maximum absolute atomic E-state index is 12.2. The van der Waals surface area contributed by atoms with Gasteiger partial charge in [-0.1, -0.05) is 0 Å². The minimum atomic E-state index is -3.60. The first kappa shape index (κ1) is 14.0. The summed E-state index contributed by atoms with van der Waals surface area (Å²) in [4.78, 5) is 0.151. The molecule has 0 aliphatic carbocycles. The molecule has 0 radical (unpaired) electrons. The van der Waals surface area contributed by atoms with E-state index < -0.39 is 16.1 Å². The first-order valence-corrected chi connectivity index (χ1v) is 6.69. The van der Waals surface area contributed by atoms with Gasteiger partial charge in [0.2, 0.25) is 10.0 Å². The van der Waals surface area contributed by atoms with Crippen LogP contribution in [-0.4, -0.2) is 37.5 Å². The summed E-state index contributed by atoms with van der Waals surface area (Å²) in [6.45, 7) is 3.19. The van der Waals surface area contributed by atoms with Crippen molar-refractivity contribution in [3.63, 3.8) is 0 Å². The normalized spacial score (nSPS) is 13.9. The smallest absolute Gasteiger partial charge is 0.243 e. The Balaban J connectivity index is 3.22. The van der Waals surface area contributed by atoms with Crippen molar-refractivity contribution >= 4 is 15.7 Å². The number of sulfonamides is 1. The van der Waals surface area contributed by atoms with Gasteiger partial charge < -0.3 is 10.8 Å². The van der Waals surface area contributed by atoms with Crippen molar-refractivity contribution < 1.29 is 13.5 Å². The third kappa shape index (κ3) is 2.96. The van der Waals surface area contributed by atoms with E-state index in [1.807, 2.05) is 0 Å². The molecule has 1 aromatic rings. The number of nitrogens with two attached hydrogens (primary N) is 1. The average Bonchev–Trinajstić information content (AvgIpc) is 2.25. The maximum atomic E-state index is 12.2. The van der Waals surface area contributed by atoms with E-state index >= 15 is 0 Å². The molecular formula is C11H18N2O3S. The Bertz CT molecular complexity index is 479. The van der Waals surface area contributed by atoms with Crippen LogP contribution in [-0.2, 0) is 10.0 Å². The lowest BCUT2D eigenvalue weighted by Gasteiger charge is -2.22. The van der Waals surface area contributed by atoms with Crippen LogP contribution < -0.4 is 5.73 Å². The number of aliphatic hydroxyl groups is 1. The van der Waals surface area contributed by atoms with Gasteiger partial charge in [-0.3, -0.25) is 0 Å². The van der Waals surface area contributed by atoms with Crippen LogP contribution in [0, 0.1) is 6.92 Å². The molecule has 17 heavy (non-hydrogen) atoms. The van der Waals surface area contributed by atoms with Gasteiger partial charge in [-0.05, 0) is 37.6 Å². The molecule has 1 rings (SSSR count). The highest BCUT2D eigenvalue weighted by atomic mass is 32.2. The molecule has 0 amide bonds. The van der Waals surface area contributed by atoms with Gasteiger partial charge in [0, 0.05) is 18.8 Å². The van der Waals surface area contributed by atoms with Crippen molar-refractivity contribution in [1.82, 2.24) is 4.31 Å². The number of hydrogen-bond donors (Lipinski definition) is 2. The van der Waals surface area contributed by atoms with E-state index in [1.165, 1.54) is 13.1 Å². The Morgan fingerprint density at radius 3 is 2.47 bits per heavy atom. The standard InChI is InChI=1S/C11H18N2O3S/c1-8-4-10(12)6-11(5-8)17(15,16)13(3)9(2)7-14/h4-6,9,14H,7,12H2,1-3H3. The minimum Gasteiger partial charge on any atom is -0.399 e. The van der Waals surface area contributed by atoms with Crippen molar-refractivity contribution in [3.05, 3.63) is 23.8 Å². The number of nitrogen functional groups attached to an aromatic ring is 1. The minimum absolute atomic E-state index is 0.151. The Kier molecular flexibility index (Phi) is 4.13. The van der Waals surface area contributed by atoms with Crippen LogP contribution >= 0.6 is 0 Å². The van der Waals surface area contributed by atoms with Gasteiger partial charge >= 0.3 is 0 Å². The first-order valence-electron chi connectivity index (χ1n) is 5.25. The molecule has 0 bridgehead atoms. The number of aliphatic hydroxyl groups excluding tert-OH is 1. The second kappa shape index (κ2) is 5.03. The number of hydrogen-bond acceptors (Lipinski definition) is 4. The van der Waals surface area contributed by atoms with E-state index in [2.05, 4.69) is 0 Å². The number of nitrogens with zero attached hydrogens (tertiary/aromatic N) is 1. The maximum Gasteiger partial charge on any atom is 0.243 e. The highest BCUT2D eigenvalue weighted by Gasteiger charge is 2.25. The summed E-state index contributed by atoms with van der Waals surface area (Å²) in [7, 11) is -2.16. The number of aryl methyl sites for hydroxylation is 1. The molecule has 1 atom stereocenters. The molecule has 5 nitrogen and oxygen atoms in total. The number of benzene rings is 1. The summed E-state index contributed by atoms with van der Waals surface area (Å²) in [6.07, 6.45) is 0. The zero-order valence-electron chi connectivity index (χ0n) is 10.2. The topological polar surface area (TPSA) is 83.6 Å². The molecular weight excluding hydrogens is 240 g/mol. The Morgan fingerprint density at radius 1 is 1.41 bits per heavy atom. The summed E-state index contributed by atoms with van der Waals surface area (Å²) < 4.78 is 25.5. The molecule has 3 N–H and O–H groups in total. The summed E-state index contributed by atoms with van der Waals surface area (Å²) in [5.41, 5.74) is 6.83. The molecule has 96 valence electrons. The van der Waals surface area contributed by atoms with E-state index in [9.17, 15) is 8.42 Å². The second-order valence-corrected chi connectivity index (χ2v) is 6.13. The average molecular weight is 258 g/mol. The summed E-state index contributed by atoms with van der Waals surface area (Å²) in [6, 6.07) is 4.21. The quantitative estimate of drug-likeness (QED) is 0.774. The Morgan fingerprint density at radius 2 is 2.00 bits per heavy atom. The van der Waals surface area contributed by atoms with E-state index in [0.717, 1.165) is 9.87 Å². The van der Waals surface area contributed by atoms with Gasteiger partial charge in [0.15, 0.2) is 0 Å². The van der Waals surface area contributed by atoms with Crippen molar-refractivity contribution in [1.29, 1.82) is 0 Å². The van der Waals surface area contributed by atoms with Gasteiger partial charge in [0.25, 0.3) is 0 Å². The number of rotatable bonds is 4. The SMILES string of the molecule is Cc1cc(N)cc(S(=O)(=O)N(C)C(C)CO)c1. The highest BCUT2D eigenvalue weighted by Crippen LogP contribution is 2.20. The van der Waals surface area contributed by atoms with Gasteiger partial charge in [0.1, 0.15) is 0 Å². The summed E-state index contributed by atoms with van der Waals surface area (Å²) in [5.74, 6) is 0. The first-order chi connectivity index (χ1) is 7.78. The zero-order valence-corrected chi connectivity index (χ0v) is 11.0. The lowest BCUT2D eigenvalue weighted by atomic mass is 10.2. The van der Waals surface area contributed by atoms with Crippen LogP contribution in [0.4, 0.5) is 5.69 Å². The van der Waals surface area contributed by atoms with E-state index in [1.54, 1.807) is 26.0 Å². The molecule has 0 spiro atoms. The molecule has 0 saturated heterocycles. The lowest BCUT2D eigenvalue weighted by Crippen LogP contribution is -2.37. The third-order valence-corrected chi connectivity index (χ3v) is 4.58. The summed E-state index contributed by atoms with van der Waals surface area (Å²) >= 11 is 0. The van der Waals surface area contributed by atoms with Crippen molar-refractivity contribution in [2.75, 3.05) is 19.4 Å². The molecule has 0 aromatic heterocycles. The monoisotopic (exact) mass is 258 g/mol. The van der Waals surface area contributed by atoms with Crippen LogP contribution in [0.2, 0.25) is 0 Å². The molecule has 1 aromatic carbocycles. The van der Waals surface area contributed by atoms with Crippen LogP contribution in [0.3, 0.4) is 0 Å². The molecule has 0 aliphatic rings. The number of likely N-dealkylation sites (N-methyl/N-ethyl adjacent to an activating group) is 1. The lowest BCUT2D eigenvalue weighted by molar-refractivity contribution is 0.214. The zero-order chi connectivity index (χ0) is 13.2. The fourth-order valence-electron chi connectivity index (χ4n) is 1.44. The second-order valence-electron chi connectivity index (χ2n) is 4.13. The van der Waals surface area contributed by atoms with Gasteiger partial charge in [-0.25, -0.2) is 8.42 Å². The molecule has 1 unspecified atom stereocenters. The fourth-order valence-corrected chi connectivity index (χ4v) is 2.94. The highest BCUT2D eigenvalue weighted by molar-refractivity contribution is 7.89. The predicted molar refractivity (Wildman–Crippen MR) is 67.1 cm³/mol. The van der Waals surface area contributed by atoms with Crippen molar-refractivity contribution in [3.8, 4) is 0 Å². The van der Waals surface area contributed by atoms with Gasteiger partial charge in [-0.2, -0.15) is 4.31 Å². The Hall–Kier alpha value is -1.11. The van der Waals surface area contributed by atoms with Crippen LogP contribution in [0.1, 0.15) is 12.5 Å². The van der Waals surface area contributed by atoms with Crippen molar-refractivity contribution in [2.45, 2.75) is 24.8 Å².